The highest BCUT2D eigenvalue weighted by Gasteiger charge is 2.07. The molecule has 94 valence electrons. The Morgan fingerprint density at radius 1 is 1.28 bits per heavy atom. The Kier molecular flexibility index (Phi) is 3.74. The predicted molar refractivity (Wildman–Crippen MR) is 72.1 cm³/mol. The van der Waals surface area contributed by atoms with Crippen molar-refractivity contribution in [3.05, 3.63) is 36.4 Å². The summed E-state index contributed by atoms with van der Waals surface area (Å²) in [6.07, 6.45) is 0. The van der Waals surface area contributed by atoms with Crippen LogP contribution >= 0.6 is 0 Å². The maximum absolute atomic E-state index is 9.01. The SMILES string of the molecule is CC(CO)Nc1cc(N)nc(-c2ccccc2)n1. The highest BCUT2D eigenvalue weighted by Crippen LogP contribution is 2.18. The average molecular weight is 244 g/mol. The smallest absolute Gasteiger partial charge is 0.163 e. The van der Waals surface area contributed by atoms with Gasteiger partial charge in [0.05, 0.1) is 6.61 Å². The van der Waals surface area contributed by atoms with Gasteiger partial charge in [-0.25, -0.2) is 9.97 Å². The second kappa shape index (κ2) is 5.46. The van der Waals surface area contributed by atoms with Crippen LogP contribution in [0.4, 0.5) is 11.6 Å². The van der Waals surface area contributed by atoms with E-state index in [1.54, 1.807) is 6.07 Å². The van der Waals surface area contributed by atoms with E-state index in [1.165, 1.54) is 0 Å². The second-order valence-corrected chi connectivity index (χ2v) is 4.10. The van der Waals surface area contributed by atoms with Gasteiger partial charge in [0.25, 0.3) is 0 Å². The monoisotopic (exact) mass is 244 g/mol. The summed E-state index contributed by atoms with van der Waals surface area (Å²) in [5.41, 5.74) is 6.67. The first-order valence-electron chi connectivity index (χ1n) is 5.76. The summed E-state index contributed by atoms with van der Waals surface area (Å²) in [4.78, 5) is 8.58. The predicted octanol–water partition coefficient (Wildman–Crippen LogP) is 1.52. The van der Waals surface area contributed by atoms with Crippen LogP contribution in [0.3, 0.4) is 0 Å². The molecule has 0 aliphatic rings. The maximum Gasteiger partial charge on any atom is 0.163 e. The minimum atomic E-state index is -0.0806. The van der Waals surface area contributed by atoms with Crippen LogP contribution in [0.1, 0.15) is 6.92 Å². The number of aliphatic hydroxyl groups is 1. The fourth-order valence-corrected chi connectivity index (χ4v) is 1.55. The molecule has 1 unspecified atom stereocenters. The minimum Gasteiger partial charge on any atom is -0.394 e. The molecule has 1 heterocycles. The van der Waals surface area contributed by atoms with Crippen molar-refractivity contribution in [3.8, 4) is 11.4 Å². The van der Waals surface area contributed by atoms with Crippen molar-refractivity contribution in [3.63, 3.8) is 0 Å². The van der Waals surface area contributed by atoms with Crippen LogP contribution in [0.2, 0.25) is 0 Å². The number of hydrogen-bond acceptors (Lipinski definition) is 5. The molecule has 4 N–H and O–H groups in total. The molecule has 0 saturated carbocycles. The number of nitrogens with two attached hydrogens (primary N) is 1. The summed E-state index contributed by atoms with van der Waals surface area (Å²) in [5, 5.41) is 12.1. The number of aromatic nitrogens is 2. The third kappa shape index (κ3) is 2.95. The van der Waals surface area contributed by atoms with Gasteiger partial charge in [-0.2, -0.15) is 0 Å². The molecule has 5 heteroatoms. The lowest BCUT2D eigenvalue weighted by Gasteiger charge is -2.12. The Hall–Kier alpha value is -2.14. The first kappa shape index (κ1) is 12.3. The van der Waals surface area contributed by atoms with Gasteiger partial charge in [-0.3, -0.25) is 0 Å². The molecule has 0 fully saturated rings. The van der Waals surface area contributed by atoms with Crippen molar-refractivity contribution in [2.24, 2.45) is 0 Å². The molecule has 0 aliphatic heterocycles. The summed E-state index contributed by atoms with van der Waals surface area (Å²) >= 11 is 0. The van der Waals surface area contributed by atoms with E-state index < -0.39 is 0 Å². The number of nitrogens with zero attached hydrogens (tertiary/aromatic N) is 2. The van der Waals surface area contributed by atoms with E-state index in [1.807, 2.05) is 37.3 Å². The van der Waals surface area contributed by atoms with Crippen LogP contribution < -0.4 is 11.1 Å². The molecule has 0 aliphatic carbocycles. The van der Waals surface area contributed by atoms with Gasteiger partial charge in [-0.05, 0) is 6.92 Å². The van der Waals surface area contributed by atoms with E-state index in [9.17, 15) is 0 Å². The molecular formula is C13H16N4O. The van der Waals surface area contributed by atoms with Crippen LogP contribution in [-0.2, 0) is 0 Å². The molecule has 0 saturated heterocycles. The first-order chi connectivity index (χ1) is 8.69. The number of hydrogen-bond donors (Lipinski definition) is 3. The minimum absolute atomic E-state index is 0.0323. The van der Waals surface area contributed by atoms with Crippen molar-refractivity contribution < 1.29 is 5.11 Å². The van der Waals surface area contributed by atoms with Gasteiger partial charge in [0.1, 0.15) is 11.6 Å². The van der Waals surface area contributed by atoms with Crippen molar-refractivity contribution in [2.75, 3.05) is 17.7 Å². The van der Waals surface area contributed by atoms with Gasteiger partial charge < -0.3 is 16.2 Å². The summed E-state index contributed by atoms with van der Waals surface area (Å²) < 4.78 is 0. The number of benzene rings is 1. The molecule has 0 radical (unpaired) electrons. The zero-order valence-electron chi connectivity index (χ0n) is 10.2. The van der Waals surface area contributed by atoms with Gasteiger partial charge in [0, 0.05) is 17.7 Å². The third-order valence-corrected chi connectivity index (χ3v) is 2.45. The maximum atomic E-state index is 9.01. The summed E-state index contributed by atoms with van der Waals surface area (Å²) in [6, 6.07) is 11.2. The van der Waals surface area contributed by atoms with Crippen molar-refractivity contribution in [2.45, 2.75) is 13.0 Å². The molecule has 1 aromatic heterocycles. The van der Waals surface area contributed by atoms with Gasteiger partial charge >= 0.3 is 0 Å². The van der Waals surface area contributed by atoms with Crippen molar-refractivity contribution in [1.29, 1.82) is 0 Å². The summed E-state index contributed by atoms with van der Waals surface area (Å²) in [5.74, 6) is 1.59. The van der Waals surface area contributed by atoms with Gasteiger partial charge in [-0.1, -0.05) is 30.3 Å². The lowest BCUT2D eigenvalue weighted by atomic mass is 10.2. The lowest BCUT2D eigenvalue weighted by Crippen LogP contribution is -2.20. The Balaban J connectivity index is 2.32. The Morgan fingerprint density at radius 3 is 2.67 bits per heavy atom. The summed E-state index contributed by atoms with van der Waals surface area (Å²) in [6.45, 7) is 1.89. The Labute approximate surface area is 106 Å². The van der Waals surface area contributed by atoms with Gasteiger partial charge in [-0.15, -0.1) is 0 Å². The number of anilines is 2. The van der Waals surface area contributed by atoms with Crippen molar-refractivity contribution in [1.82, 2.24) is 9.97 Å². The fourth-order valence-electron chi connectivity index (χ4n) is 1.55. The molecule has 2 aromatic rings. The second-order valence-electron chi connectivity index (χ2n) is 4.10. The molecule has 5 nitrogen and oxygen atoms in total. The molecule has 0 spiro atoms. The lowest BCUT2D eigenvalue weighted by molar-refractivity contribution is 0.281. The van der Waals surface area contributed by atoms with Gasteiger partial charge in [0.15, 0.2) is 5.82 Å². The van der Waals surface area contributed by atoms with Crippen LogP contribution in [0.25, 0.3) is 11.4 Å². The average Bonchev–Trinajstić information content (AvgIpc) is 2.39. The quantitative estimate of drug-likeness (QED) is 0.759. The number of aliphatic hydroxyl groups excluding tert-OH is 1. The highest BCUT2D eigenvalue weighted by molar-refractivity contribution is 5.60. The number of rotatable bonds is 4. The summed E-state index contributed by atoms with van der Waals surface area (Å²) in [7, 11) is 0. The number of nitrogens with one attached hydrogen (secondary N) is 1. The normalized spacial score (nSPS) is 12.1. The molecule has 0 bridgehead atoms. The molecular weight excluding hydrogens is 228 g/mol. The first-order valence-corrected chi connectivity index (χ1v) is 5.76. The Bertz CT molecular complexity index is 516. The number of nitrogen functional groups attached to an aromatic ring is 1. The topological polar surface area (TPSA) is 84.1 Å². The Morgan fingerprint density at radius 2 is 2.00 bits per heavy atom. The van der Waals surface area contributed by atoms with Crippen LogP contribution in [0.15, 0.2) is 36.4 Å². The van der Waals surface area contributed by atoms with Crippen LogP contribution in [-0.4, -0.2) is 27.7 Å². The van der Waals surface area contributed by atoms with Crippen LogP contribution in [0, 0.1) is 0 Å². The largest absolute Gasteiger partial charge is 0.394 e. The van der Waals surface area contributed by atoms with Gasteiger partial charge in [0.2, 0.25) is 0 Å². The van der Waals surface area contributed by atoms with Crippen molar-refractivity contribution >= 4 is 11.6 Å². The molecule has 0 amide bonds. The van der Waals surface area contributed by atoms with E-state index in [4.69, 9.17) is 10.8 Å². The third-order valence-electron chi connectivity index (χ3n) is 2.45. The molecule has 2 rings (SSSR count). The molecule has 18 heavy (non-hydrogen) atoms. The van der Waals surface area contributed by atoms with Crippen LogP contribution in [0.5, 0.6) is 0 Å². The standard InChI is InChI=1S/C13H16N4O/c1-9(8-18)15-12-7-11(14)16-13(17-12)10-5-3-2-4-6-10/h2-7,9,18H,8H2,1H3,(H3,14,15,16,17). The zero-order valence-corrected chi connectivity index (χ0v) is 10.2. The van der Waals surface area contributed by atoms with E-state index >= 15 is 0 Å². The van der Waals surface area contributed by atoms with E-state index in [0.717, 1.165) is 5.56 Å². The molecule has 1 atom stereocenters. The van der Waals surface area contributed by atoms with E-state index in [-0.39, 0.29) is 12.6 Å². The highest BCUT2D eigenvalue weighted by atomic mass is 16.3. The zero-order chi connectivity index (χ0) is 13.0. The van der Waals surface area contributed by atoms with E-state index in [2.05, 4.69) is 15.3 Å². The van der Waals surface area contributed by atoms with E-state index in [0.29, 0.717) is 17.5 Å². The fraction of sp³-hybridized carbons (Fsp3) is 0.231. The molecule has 1 aromatic carbocycles.